The van der Waals surface area contributed by atoms with Gasteiger partial charge in [-0.1, -0.05) is 12.1 Å². The third-order valence-electron chi connectivity index (χ3n) is 3.67. The van der Waals surface area contributed by atoms with Crippen LogP contribution in [-0.2, 0) is 4.79 Å². The molecule has 1 aliphatic carbocycles. The van der Waals surface area contributed by atoms with Gasteiger partial charge in [-0.25, -0.2) is 4.98 Å². The highest BCUT2D eigenvalue weighted by Crippen LogP contribution is 2.53. The maximum atomic E-state index is 12.0. The maximum absolute atomic E-state index is 12.0. The van der Waals surface area contributed by atoms with E-state index in [2.05, 4.69) is 10.3 Å². The van der Waals surface area contributed by atoms with E-state index in [0.29, 0.717) is 6.42 Å². The second-order valence-electron chi connectivity index (χ2n) is 5.31. The molecule has 1 saturated carbocycles. The Hall–Kier alpha value is -1.52. The molecule has 2 aromatic rings. The van der Waals surface area contributed by atoms with Crippen molar-refractivity contribution in [3.63, 3.8) is 0 Å². The number of benzene rings is 1. The van der Waals surface area contributed by atoms with Gasteiger partial charge in [-0.2, -0.15) is 0 Å². The molecule has 0 bridgehead atoms. The average Bonchev–Trinajstić information content (AvgIpc) is 2.90. The van der Waals surface area contributed by atoms with E-state index < -0.39 is 4.33 Å². The molecular weight excluding hydrogens is 309 g/mol. The minimum atomic E-state index is -0.886. The van der Waals surface area contributed by atoms with Crippen molar-refractivity contribution in [3.05, 3.63) is 48.5 Å². The van der Waals surface area contributed by atoms with Gasteiger partial charge in [0.05, 0.1) is 18.3 Å². The van der Waals surface area contributed by atoms with Gasteiger partial charge in [0.15, 0.2) is 0 Å². The van der Waals surface area contributed by atoms with Gasteiger partial charge in [-0.3, -0.25) is 4.79 Å². The molecule has 2 atom stereocenters. The molecule has 110 valence electrons. The van der Waals surface area contributed by atoms with Gasteiger partial charge in [0.1, 0.15) is 4.33 Å². The number of halogens is 2. The van der Waals surface area contributed by atoms with E-state index in [1.807, 2.05) is 42.0 Å². The van der Waals surface area contributed by atoms with E-state index in [9.17, 15) is 4.79 Å². The monoisotopic (exact) mass is 323 g/mol. The molecule has 1 heterocycles. The number of hydrogen-bond donors (Lipinski definition) is 1. The topological polar surface area (TPSA) is 46.9 Å². The summed E-state index contributed by atoms with van der Waals surface area (Å²) in [5.41, 5.74) is 2.02. The Bertz CT molecular complexity index is 655. The first-order valence-electron chi connectivity index (χ1n) is 6.74. The van der Waals surface area contributed by atoms with Crippen LogP contribution >= 0.6 is 23.2 Å². The summed E-state index contributed by atoms with van der Waals surface area (Å²) >= 11 is 11.8. The Morgan fingerprint density at radius 2 is 2.29 bits per heavy atom. The lowest BCUT2D eigenvalue weighted by molar-refractivity contribution is -0.123. The molecule has 0 saturated heterocycles. The summed E-state index contributed by atoms with van der Waals surface area (Å²) < 4.78 is 1.03. The van der Waals surface area contributed by atoms with Crippen LogP contribution in [0.25, 0.3) is 5.69 Å². The molecule has 1 aromatic heterocycles. The lowest BCUT2D eigenvalue weighted by Crippen LogP contribution is -2.29. The number of rotatable bonds is 4. The fraction of sp³-hybridized carbons (Fsp3) is 0.333. The first kappa shape index (κ1) is 14.4. The van der Waals surface area contributed by atoms with Crippen molar-refractivity contribution in [1.29, 1.82) is 0 Å². The summed E-state index contributed by atoms with van der Waals surface area (Å²) in [6.07, 6.45) is 5.86. The van der Waals surface area contributed by atoms with Crippen LogP contribution in [0.5, 0.6) is 0 Å². The van der Waals surface area contributed by atoms with E-state index in [1.54, 1.807) is 12.5 Å². The van der Waals surface area contributed by atoms with Gasteiger partial charge in [0.25, 0.3) is 0 Å². The standard InChI is InChI=1S/C15H15Cl2N3O/c1-10(19-14(21)13-8-15(13,16)17)11-3-2-4-12(7-11)20-6-5-18-9-20/h2-7,9-10,13H,8H2,1H3,(H,19,21)/t10-,13-/m0/s1. The molecule has 6 heteroatoms. The van der Waals surface area contributed by atoms with Crippen LogP contribution in [0, 0.1) is 5.92 Å². The molecule has 1 N–H and O–H groups in total. The quantitative estimate of drug-likeness (QED) is 0.878. The number of nitrogens with one attached hydrogen (secondary N) is 1. The first-order valence-corrected chi connectivity index (χ1v) is 7.49. The van der Waals surface area contributed by atoms with Crippen LogP contribution in [0.3, 0.4) is 0 Å². The van der Waals surface area contributed by atoms with Gasteiger partial charge < -0.3 is 9.88 Å². The summed E-state index contributed by atoms with van der Waals surface area (Å²) in [5, 5.41) is 2.95. The van der Waals surface area contributed by atoms with Gasteiger partial charge >= 0.3 is 0 Å². The molecule has 1 aromatic carbocycles. The predicted molar refractivity (Wildman–Crippen MR) is 82.7 cm³/mol. The Labute approximate surface area is 133 Å². The number of alkyl halides is 2. The highest BCUT2D eigenvalue weighted by Gasteiger charge is 2.56. The molecule has 4 nitrogen and oxygen atoms in total. The number of carbonyl (C=O) groups is 1. The number of imidazole rings is 1. The number of nitrogens with zero attached hydrogens (tertiary/aromatic N) is 2. The third-order valence-corrected chi connectivity index (χ3v) is 4.51. The number of aromatic nitrogens is 2. The Balaban J connectivity index is 1.72. The van der Waals surface area contributed by atoms with Crippen molar-refractivity contribution in [2.75, 3.05) is 0 Å². The first-order chi connectivity index (χ1) is 9.97. The Morgan fingerprint density at radius 1 is 1.52 bits per heavy atom. The normalized spacial score (nSPS) is 20.8. The second-order valence-corrected chi connectivity index (χ2v) is 6.86. The Kier molecular flexibility index (Phi) is 3.68. The minimum absolute atomic E-state index is 0.0967. The van der Waals surface area contributed by atoms with Crippen molar-refractivity contribution in [2.24, 2.45) is 5.92 Å². The van der Waals surface area contributed by atoms with Crippen LogP contribution in [0.2, 0.25) is 0 Å². The zero-order valence-corrected chi connectivity index (χ0v) is 13.0. The van der Waals surface area contributed by atoms with Crippen LogP contribution in [0.4, 0.5) is 0 Å². The van der Waals surface area contributed by atoms with E-state index in [1.165, 1.54) is 0 Å². The SMILES string of the molecule is C[C@H](NC(=O)[C@@H]1CC1(Cl)Cl)c1cccc(-n2ccnc2)c1. The molecular formula is C15H15Cl2N3O. The second kappa shape index (κ2) is 5.35. The van der Waals surface area contributed by atoms with E-state index in [4.69, 9.17) is 23.2 Å². The van der Waals surface area contributed by atoms with Crippen LogP contribution in [0.1, 0.15) is 24.9 Å². The van der Waals surface area contributed by atoms with Crippen LogP contribution in [-0.4, -0.2) is 19.8 Å². The summed E-state index contributed by atoms with van der Waals surface area (Å²) in [4.78, 5) is 16.1. The van der Waals surface area contributed by atoms with Crippen LogP contribution < -0.4 is 5.32 Å². The minimum Gasteiger partial charge on any atom is -0.349 e. The number of carbonyl (C=O) groups excluding carboxylic acids is 1. The van der Waals surface area contributed by atoms with Gasteiger partial charge in [-0.05, 0) is 31.0 Å². The molecule has 3 rings (SSSR count). The largest absolute Gasteiger partial charge is 0.349 e. The van der Waals surface area contributed by atoms with Gasteiger partial charge in [0, 0.05) is 18.1 Å². The van der Waals surface area contributed by atoms with Crippen molar-refractivity contribution in [2.45, 2.75) is 23.7 Å². The van der Waals surface area contributed by atoms with Gasteiger partial charge in [0.2, 0.25) is 5.91 Å². The van der Waals surface area contributed by atoms with Crippen molar-refractivity contribution in [3.8, 4) is 5.69 Å². The molecule has 1 fully saturated rings. The highest BCUT2D eigenvalue weighted by atomic mass is 35.5. The molecule has 0 unspecified atom stereocenters. The average molecular weight is 324 g/mol. The molecule has 21 heavy (non-hydrogen) atoms. The zero-order valence-electron chi connectivity index (χ0n) is 11.5. The van der Waals surface area contributed by atoms with Crippen molar-refractivity contribution < 1.29 is 4.79 Å². The summed E-state index contributed by atoms with van der Waals surface area (Å²) in [5.74, 6) is -0.402. The molecule has 0 spiro atoms. The zero-order chi connectivity index (χ0) is 15.0. The predicted octanol–water partition coefficient (Wildman–Crippen LogP) is 3.24. The Morgan fingerprint density at radius 3 is 2.90 bits per heavy atom. The number of amides is 1. The van der Waals surface area contributed by atoms with Crippen molar-refractivity contribution in [1.82, 2.24) is 14.9 Å². The maximum Gasteiger partial charge on any atom is 0.226 e. The smallest absolute Gasteiger partial charge is 0.226 e. The van der Waals surface area contributed by atoms with Crippen LogP contribution in [0.15, 0.2) is 43.0 Å². The van der Waals surface area contributed by atoms with E-state index in [0.717, 1.165) is 11.3 Å². The third kappa shape index (κ3) is 3.06. The molecule has 0 aliphatic heterocycles. The summed E-state index contributed by atoms with van der Waals surface area (Å²) in [6, 6.07) is 7.84. The fourth-order valence-electron chi connectivity index (χ4n) is 2.26. The molecule has 1 amide bonds. The van der Waals surface area contributed by atoms with Crippen molar-refractivity contribution >= 4 is 29.1 Å². The summed E-state index contributed by atoms with van der Waals surface area (Å²) in [6.45, 7) is 1.94. The molecule has 0 radical (unpaired) electrons. The summed E-state index contributed by atoms with van der Waals surface area (Å²) in [7, 11) is 0. The van der Waals surface area contributed by atoms with E-state index in [-0.39, 0.29) is 17.9 Å². The number of hydrogen-bond acceptors (Lipinski definition) is 2. The lowest BCUT2D eigenvalue weighted by atomic mass is 10.1. The van der Waals surface area contributed by atoms with Gasteiger partial charge in [-0.15, -0.1) is 23.2 Å². The fourth-order valence-corrected chi connectivity index (χ4v) is 2.77. The lowest BCUT2D eigenvalue weighted by Gasteiger charge is -2.15. The van der Waals surface area contributed by atoms with E-state index >= 15 is 0 Å². The molecule has 1 aliphatic rings. The highest BCUT2D eigenvalue weighted by molar-refractivity contribution is 6.52.